The number of aliphatic hydroxyl groups excluding tert-OH is 1. The van der Waals surface area contributed by atoms with Crippen LogP contribution in [0.3, 0.4) is 0 Å². The van der Waals surface area contributed by atoms with E-state index in [1.165, 1.54) is 12.3 Å². The Kier molecular flexibility index (Phi) is 4.59. The van der Waals surface area contributed by atoms with Crippen molar-refractivity contribution in [3.8, 4) is 17.3 Å². The summed E-state index contributed by atoms with van der Waals surface area (Å²) in [4.78, 5) is 15.5. The Hall–Kier alpha value is -3.05. The van der Waals surface area contributed by atoms with Crippen molar-refractivity contribution in [1.82, 2.24) is 19.9 Å². The molecular weight excluding hydrogens is 323 g/mol. The molecule has 0 radical (unpaired) electrons. The zero-order chi connectivity index (χ0) is 18.0. The highest BCUT2D eigenvalue weighted by Gasteiger charge is 2.18. The van der Waals surface area contributed by atoms with Crippen LogP contribution in [0.4, 0.5) is 10.3 Å². The van der Waals surface area contributed by atoms with Crippen LogP contribution >= 0.6 is 0 Å². The fourth-order valence-electron chi connectivity index (χ4n) is 2.50. The summed E-state index contributed by atoms with van der Waals surface area (Å²) in [5, 5.41) is 22.4. The monoisotopic (exact) mass is 340 g/mol. The van der Waals surface area contributed by atoms with Gasteiger partial charge in [0.05, 0.1) is 36.3 Å². The zero-order valence-corrected chi connectivity index (χ0v) is 13.8. The van der Waals surface area contributed by atoms with Crippen LogP contribution in [0.2, 0.25) is 0 Å². The molecular formula is C17H17FN6O. The lowest BCUT2D eigenvalue weighted by atomic mass is 10.1. The third kappa shape index (κ3) is 3.27. The fourth-order valence-corrected chi connectivity index (χ4v) is 2.50. The molecule has 0 aliphatic rings. The third-order valence-corrected chi connectivity index (χ3v) is 3.98. The highest BCUT2D eigenvalue weighted by atomic mass is 19.1. The van der Waals surface area contributed by atoms with Gasteiger partial charge in [-0.05, 0) is 12.0 Å². The number of aromatic nitrogens is 4. The van der Waals surface area contributed by atoms with Crippen molar-refractivity contribution >= 4 is 17.0 Å². The molecule has 0 aliphatic heterocycles. The number of nitrogens with zero attached hydrogens (tertiary/aromatic N) is 4. The molecule has 0 saturated heterocycles. The Morgan fingerprint density at radius 3 is 2.84 bits per heavy atom. The molecule has 3 aromatic rings. The number of pyridine rings is 1. The van der Waals surface area contributed by atoms with E-state index in [1.807, 2.05) is 13.8 Å². The van der Waals surface area contributed by atoms with Gasteiger partial charge in [0.25, 0.3) is 0 Å². The van der Waals surface area contributed by atoms with Crippen LogP contribution in [0, 0.1) is 23.1 Å². The van der Waals surface area contributed by atoms with Gasteiger partial charge < -0.3 is 15.4 Å². The molecule has 0 spiro atoms. The molecule has 25 heavy (non-hydrogen) atoms. The summed E-state index contributed by atoms with van der Waals surface area (Å²) in [6.45, 7) is 3.86. The second kappa shape index (κ2) is 6.83. The average molecular weight is 340 g/mol. The Balaban J connectivity index is 2.09. The SMILES string of the molecule is CC(C)[C@H](CO)Nc1ncc(C#N)c(-c2c[nH]c3ncc(F)cc23)n1. The summed E-state index contributed by atoms with van der Waals surface area (Å²) < 4.78 is 13.6. The second-order valence-electron chi connectivity index (χ2n) is 6.00. The molecule has 0 amide bonds. The Bertz CT molecular complexity index is 946. The molecule has 0 saturated carbocycles. The van der Waals surface area contributed by atoms with E-state index in [0.29, 0.717) is 28.2 Å². The van der Waals surface area contributed by atoms with E-state index >= 15 is 0 Å². The number of aromatic amines is 1. The van der Waals surface area contributed by atoms with Crippen LogP contribution in [-0.2, 0) is 0 Å². The quantitative estimate of drug-likeness (QED) is 0.658. The van der Waals surface area contributed by atoms with Crippen molar-refractivity contribution in [2.45, 2.75) is 19.9 Å². The van der Waals surface area contributed by atoms with Gasteiger partial charge in [-0.3, -0.25) is 0 Å². The van der Waals surface area contributed by atoms with E-state index < -0.39 is 5.82 Å². The number of hydrogen-bond donors (Lipinski definition) is 3. The lowest BCUT2D eigenvalue weighted by molar-refractivity contribution is 0.248. The van der Waals surface area contributed by atoms with Gasteiger partial charge in [-0.1, -0.05) is 13.8 Å². The summed E-state index contributed by atoms with van der Waals surface area (Å²) in [5.41, 5.74) is 1.71. The second-order valence-corrected chi connectivity index (χ2v) is 6.00. The normalized spacial score (nSPS) is 12.3. The standard InChI is InChI=1S/C17H17FN6O/c1-9(2)14(8-25)23-17-22-5-10(4-19)15(24-17)13-7-21-16-12(13)3-11(18)6-20-16/h3,5-7,9,14,25H,8H2,1-2H3,(H,20,21)(H,22,23,24)/t14-/m0/s1. The van der Waals surface area contributed by atoms with Crippen LogP contribution in [0.25, 0.3) is 22.3 Å². The Morgan fingerprint density at radius 2 is 2.16 bits per heavy atom. The highest BCUT2D eigenvalue weighted by Crippen LogP contribution is 2.29. The van der Waals surface area contributed by atoms with Crippen molar-refractivity contribution < 1.29 is 9.50 Å². The van der Waals surface area contributed by atoms with Gasteiger partial charge in [-0.2, -0.15) is 5.26 Å². The molecule has 7 nitrogen and oxygen atoms in total. The Morgan fingerprint density at radius 1 is 1.36 bits per heavy atom. The van der Waals surface area contributed by atoms with E-state index in [1.54, 1.807) is 6.20 Å². The van der Waals surface area contributed by atoms with Crippen LogP contribution in [0.1, 0.15) is 19.4 Å². The third-order valence-electron chi connectivity index (χ3n) is 3.98. The van der Waals surface area contributed by atoms with Crippen molar-refractivity contribution in [3.63, 3.8) is 0 Å². The first-order valence-electron chi connectivity index (χ1n) is 7.81. The number of aliphatic hydroxyl groups is 1. The first-order valence-corrected chi connectivity index (χ1v) is 7.81. The van der Waals surface area contributed by atoms with Gasteiger partial charge in [0.2, 0.25) is 5.95 Å². The van der Waals surface area contributed by atoms with Crippen LogP contribution in [-0.4, -0.2) is 37.7 Å². The highest BCUT2D eigenvalue weighted by molar-refractivity contribution is 5.93. The summed E-state index contributed by atoms with van der Waals surface area (Å²) in [6.07, 6.45) is 4.16. The zero-order valence-electron chi connectivity index (χ0n) is 13.8. The number of nitriles is 1. The molecule has 0 aliphatic carbocycles. The fraction of sp³-hybridized carbons (Fsp3) is 0.294. The van der Waals surface area contributed by atoms with Gasteiger partial charge >= 0.3 is 0 Å². The number of anilines is 1. The van der Waals surface area contributed by atoms with Gasteiger partial charge in [0.15, 0.2) is 0 Å². The van der Waals surface area contributed by atoms with Gasteiger partial charge in [-0.15, -0.1) is 0 Å². The van der Waals surface area contributed by atoms with Gasteiger partial charge in [0, 0.05) is 17.1 Å². The molecule has 0 bridgehead atoms. The number of halogens is 1. The molecule has 1 atom stereocenters. The van der Waals surface area contributed by atoms with Gasteiger partial charge in [-0.25, -0.2) is 19.3 Å². The maximum absolute atomic E-state index is 13.6. The molecule has 0 fully saturated rings. The molecule has 0 unspecified atom stereocenters. The van der Waals surface area contributed by atoms with E-state index in [4.69, 9.17) is 0 Å². The smallest absolute Gasteiger partial charge is 0.223 e. The predicted molar refractivity (Wildman–Crippen MR) is 91.1 cm³/mol. The Labute approximate surface area is 143 Å². The van der Waals surface area contributed by atoms with Crippen LogP contribution in [0.5, 0.6) is 0 Å². The lowest BCUT2D eigenvalue weighted by Crippen LogP contribution is -2.30. The summed E-state index contributed by atoms with van der Waals surface area (Å²) in [6, 6.07) is 3.17. The minimum absolute atomic E-state index is 0.0709. The number of fused-ring (bicyclic) bond motifs is 1. The summed E-state index contributed by atoms with van der Waals surface area (Å²) in [7, 11) is 0. The van der Waals surface area contributed by atoms with E-state index in [-0.39, 0.29) is 24.1 Å². The van der Waals surface area contributed by atoms with E-state index in [9.17, 15) is 14.8 Å². The van der Waals surface area contributed by atoms with Crippen molar-refractivity contribution in [1.29, 1.82) is 5.26 Å². The van der Waals surface area contributed by atoms with Crippen LogP contribution in [0.15, 0.2) is 24.7 Å². The maximum Gasteiger partial charge on any atom is 0.223 e. The minimum Gasteiger partial charge on any atom is -0.394 e. The van der Waals surface area contributed by atoms with E-state index in [2.05, 4.69) is 31.3 Å². The maximum atomic E-state index is 13.6. The topological polar surface area (TPSA) is 111 Å². The van der Waals surface area contributed by atoms with Crippen molar-refractivity contribution in [2.75, 3.05) is 11.9 Å². The number of hydrogen-bond acceptors (Lipinski definition) is 6. The molecule has 128 valence electrons. The molecule has 8 heteroatoms. The summed E-state index contributed by atoms with van der Waals surface area (Å²) >= 11 is 0. The number of nitrogens with one attached hydrogen (secondary N) is 2. The van der Waals surface area contributed by atoms with E-state index in [0.717, 1.165) is 6.20 Å². The molecule has 3 aromatic heterocycles. The molecule has 3 N–H and O–H groups in total. The minimum atomic E-state index is -0.473. The largest absolute Gasteiger partial charge is 0.394 e. The van der Waals surface area contributed by atoms with Crippen molar-refractivity contribution in [3.05, 3.63) is 36.0 Å². The average Bonchev–Trinajstić information content (AvgIpc) is 3.02. The molecule has 3 rings (SSSR count). The lowest BCUT2D eigenvalue weighted by Gasteiger charge is -2.20. The first-order chi connectivity index (χ1) is 12.0. The molecule has 0 aromatic carbocycles. The molecule has 3 heterocycles. The first kappa shape index (κ1) is 16.8. The van der Waals surface area contributed by atoms with Crippen LogP contribution < -0.4 is 5.32 Å². The number of H-pyrrole nitrogens is 1. The number of rotatable bonds is 5. The summed E-state index contributed by atoms with van der Waals surface area (Å²) in [5.74, 6) is -0.0149. The van der Waals surface area contributed by atoms with Crippen molar-refractivity contribution in [2.24, 2.45) is 5.92 Å². The predicted octanol–water partition coefficient (Wildman–Crippen LogP) is 2.46. The van der Waals surface area contributed by atoms with Gasteiger partial charge in [0.1, 0.15) is 17.5 Å².